The molecule has 0 amide bonds. The average molecular weight is 532 g/mol. The Morgan fingerprint density at radius 1 is 1.00 bits per heavy atom. The number of fused-ring (bicyclic) bond motifs is 1. The smallest absolute Gasteiger partial charge is 0.103 e. The lowest BCUT2D eigenvalue weighted by atomic mass is 10.0. The first kappa shape index (κ1) is 26.2. The Bertz CT molecular complexity index is 1550. The predicted octanol–water partition coefficient (Wildman–Crippen LogP) is 6.42. The lowest BCUT2D eigenvalue weighted by Gasteiger charge is -2.36. The van der Waals surface area contributed by atoms with Crippen LogP contribution in [-0.4, -0.2) is 57.0 Å². The van der Waals surface area contributed by atoms with Crippen molar-refractivity contribution in [1.82, 2.24) is 24.8 Å². The van der Waals surface area contributed by atoms with Gasteiger partial charge in [0.05, 0.1) is 16.9 Å². The molecule has 40 heavy (non-hydrogen) atoms. The lowest BCUT2D eigenvalue weighted by molar-refractivity contribution is 0.122. The van der Waals surface area contributed by atoms with Crippen molar-refractivity contribution in [2.75, 3.05) is 31.5 Å². The molecule has 0 radical (unpaired) electrons. The van der Waals surface area contributed by atoms with E-state index >= 15 is 0 Å². The molecular weight excluding hydrogens is 494 g/mol. The highest BCUT2D eigenvalue weighted by Gasteiger charge is 2.26. The standard InChI is InChI=1S/C33H37N7/c1-23-29-11-14-35-32(29)10-9-31(23)38-33-26(19-34)21-36-24(2)30(33)8-7-27-6-5-25(20-37-27)22-39-17-12-28(13-18-39)40-15-3-4-16-40/h5-11,14,20-21,28,35H,3-4,12-13,15-18,22H2,1-2H3,(H,36,38)/b8-7+. The number of nitrogens with zero attached hydrogens (tertiary/aromatic N) is 5. The summed E-state index contributed by atoms with van der Waals surface area (Å²) in [6.07, 6.45) is 14.9. The number of aromatic amines is 1. The van der Waals surface area contributed by atoms with Gasteiger partial charge in [0, 0.05) is 59.0 Å². The first-order valence-corrected chi connectivity index (χ1v) is 14.4. The van der Waals surface area contributed by atoms with Gasteiger partial charge in [0.2, 0.25) is 0 Å². The molecule has 204 valence electrons. The summed E-state index contributed by atoms with van der Waals surface area (Å²) in [5, 5.41) is 14.6. The summed E-state index contributed by atoms with van der Waals surface area (Å²) < 4.78 is 0. The van der Waals surface area contributed by atoms with Crippen molar-refractivity contribution in [2.24, 2.45) is 0 Å². The maximum absolute atomic E-state index is 9.86. The molecule has 0 aliphatic carbocycles. The van der Waals surface area contributed by atoms with Crippen LogP contribution in [-0.2, 0) is 6.54 Å². The molecule has 2 fully saturated rings. The number of hydrogen-bond donors (Lipinski definition) is 2. The fraction of sp³-hybridized carbons (Fsp3) is 0.364. The van der Waals surface area contributed by atoms with E-state index in [4.69, 9.17) is 4.98 Å². The second-order valence-electron chi connectivity index (χ2n) is 11.1. The number of aromatic nitrogens is 3. The van der Waals surface area contributed by atoms with Crippen LogP contribution in [0.1, 0.15) is 59.3 Å². The Balaban J connectivity index is 1.16. The summed E-state index contributed by atoms with van der Waals surface area (Å²) in [7, 11) is 0. The molecule has 1 aromatic carbocycles. The van der Waals surface area contributed by atoms with Gasteiger partial charge in [-0.15, -0.1) is 0 Å². The van der Waals surface area contributed by atoms with Crippen LogP contribution in [0.4, 0.5) is 11.4 Å². The average Bonchev–Trinajstić information content (AvgIpc) is 3.69. The Morgan fingerprint density at radius 2 is 1.82 bits per heavy atom. The maximum Gasteiger partial charge on any atom is 0.103 e. The number of nitriles is 1. The van der Waals surface area contributed by atoms with Crippen molar-refractivity contribution in [3.63, 3.8) is 0 Å². The third-order valence-corrected chi connectivity index (χ3v) is 8.59. The summed E-state index contributed by atoms with van der Waals surface area (Å²) in [4.78, 5) is 17.7. The molecule has 0 unspecified atom stereocenters. The summed E-state index contributed by atoms with van der Waals surface area (Å²) in [6, 6.07) is 13.5. The summed E-state index contributed by atoms with van der Waals surface area (Å²) in [5.74, 6) is 0. The highest BCUT2D eigenvalue weighted by Crippen LogP contribution is 2.32. The Kier molecular flexibility index (Phi) is 7.63. The van der Waals surface area contributed by atoms with E-state index in [-0.39, 0.29) is 0 Å². The molecular formula is C33H37N7. The van der Waals surface area contributed by atoms with E-state index in [9.17, 15) is 5.26 Å². The summed E-state index contributed by atoms with van der Waals surface area (Å²) in [6.45, 7) is 9.93. The number of H-pyrrole nitrogens is 1. The lowest BCUT2D eigenvalue weighted by Crippen LogP contribution is -2.43. The van der Waals surface area contributed by atoms with Crippen molar-refractivity contribution in [3.05, 3.63) is 82.6 Å². The predicted molar refractivity (Wildman–Crippen MR) is 162 cm³/mol. The Hall–Kier alpha value is -3.99. The van der Waals surface area contributed by atoms with Gasteiger partial charge in [-0.05, 0) is 113 Å². The molecule has 0 bridgehead atoms. The molecule has 5 heterocycles. The minimum Gasteiger partial charge on any atom is -0.361 e. The number of benzene rings is 1. The van der Waals surface area contributed by atoms with E-state index in [0.29, 0.717) is 5.56 Å². The molecule has 4 aromatic rings. The van der Waals surface area contributed by atoms with Crippen LogP contribution in [0.3, 0.4) is 0 Å². The zero-order valence-electron chi connectivity index (χ0n) is 23.5. The van der Waals surface area contributed by atoms with Gasteiger partial charge in [0.15, 0.2) is 0 Å². The zero-order valence-corrected chi connectivity index (χ0v) is 23.5. The second-order valence-corrected chi connectivity index (χ2v) is 11.1. The van der Waals surface area contributed by atoms with Gasteiger partial charge in [0.25, 0.3) is 0 Å². The minimum atomic E-state index is 0.510. The molecule has 0 spiro atoms. The van der Waals surface area contributed by atoms with E-state index in [1.807, 2.05) is 37.5 Å². The number of likely N-dealkylation sites (tertiary alicyclic amines) is 2. The number of aryl methyl sites for hydroxylation is 2. The number of anilines is 2. The fourth-order valence-electron chi connectivity index (χ4n) is 6.20. The molecule has 2 aliphatic rings. The van der Waals surface area contributed by atoms with Crippen molar-refractivity contribution in [3.8, 4) is 6.07 Å². The zero-order chi connectivity index (χ0) is 27.5. The van der Waals surface area contributed by atoms with Crippen LogP contribution in [0.5, 0.6) is 0 Å². The van der Waals surface area contributed by atoms with Crippen LogP contribution >= 0.6 is 0 Å². The number of pyridine rings is 2. The summed E-state index contributed by atoms with van der Waals surface area (Å²) >= 11 is 0. The van der Waals surface area contributed by atoms with E-state index < -0.39 is 0 Å². The van der Waals surface area contributed by atoms with E-state index in [1.165, 1.54) is 44.3 Å². The van der Waals surface area contributed by atoms with Crippen LogP contribution < -0.4 is 5.32 Å². The quantitative estimate of drug-likeness (QED) is 0.286. The fourth-order valence-corrected chi connectivity index (χ4v) is 6.20. The number of rotatable bonds is 7. The Labute approximate surface area is 236 Å². The van der Waals surface area contributed by atoms with E-state index in [1.54, 1.807) is 6.20 Å². The molecule has 2 saturated heterocycles. The monoisotopic (exact) mass is 531 g/mol. The second kappa shape index (κ2) is 11.6. The highest BCUT2D eigenvalue weighted by molar-refractivity contribution is 5.90. The normalized spacial score (nSPS) is 17.1. The van der Waals surface area contributed by atoms with Gasteiger partial charge in [-0.3, -0.25) is 14.9 Å². The maximum atomic E-state index is 9.86. The van der Waals surface area contributed by atoms with Gasteiger partial charge in [-0.1, -0.05) is 6.07 Å². The topological polar surface area (TPSA) is 83.9 Å². The molecule has 2 N–H and O–H groups in total. The van der Waals surface area contributed by atoms with Crippen LogP contribution in [0, 0.1) is 25.2 Å². The molecule has 6 rings (SSSR count). The summed E-state index contributed by atoms with van der Waals surface area (Å²) in [5.41, 5.74) is 8.34. The van der Waals surface area contributed by atoms with Crippen molar-refractivity contribution >= 4 is 34.4 Å². The largest absolute Gasteiger partial charge is 0.361 e. The van der Waals surface area contributed by atoms with Gasteiger partial charge in [-0.2, -0.15) is 5.26 Å². The minimum absolute atomic E-state index is 0.510. The van der Waals surface area contributed by atoms with Crippen molar-refractivity contribution in [2.45, 2.75) is 52.1 Å². The van der Waals surface area contributed by atoms with Gasteiger partial charge < -0.3 is 15.2 Å². The molecule has 7 nitrogen and oxygen atoms in total. The van der Waals surface area contributed by atoms with E-state index in [0.717, 1.165) is 70.5 Å². The molecule has 0 atom stereocenters. The molecule has 0 saturated carbocycles. The number of piperidine rings is 1. The van der Waals surface area contributed by atoms with Gasteiger partial charge in [-0.25, -0.2) is 0 Å². The first-order valence-electron chi connectivity index (χ1n) is 14.4. The van der Waals surface area contributed by atoms with Crippen LogP contribution in [0.25, 0.3) is 23.1 Å². The third-order valence-electron chi connectivity index (χ3n) is 8.59. The first-order chi connectivity index (χ1) is 19.6. The van der Waals surface area contributed by atoms with Crippen molar-refractivity contribution in [1.29, 1.82) is 5.26 Å². The Morgan fingerprint density at radius 3 is 2.58 bits per heavy atom. The molecule has 3 aromatic heterocycles. The van der Waals surface area contributed by atoms with Crippen molar-refractivity contribution < 1.29 is 0 Å². The highest BCUT2D eigenvalue weighted by atomic mass is 15.2. The molecule has 2 aliphatic heterocycles. The van der Waals surface area contributed by atoms with Gasteiger partial charge >= 0.3 is 0 Å². The number of hydrogen-bond acceptors (Lipinski definition) is 6. The van der Waals surface area contributed by atoms with Gasteiger partial charge in [0.1, 0.15) is 6.07 Å². The number of nitrogens with one attached hydrogen (secondary N) is 2. The van der Waals surface area contributed by atoms with Crippen LogP contribution in [0.2, 0.25) is 0 Å². The SMILES string of the molecule is Cc1ncc(C#N)c(Nc2ccc3[nH]ccc3c2C)c1/C=C/c1ccc(CN2CCC(N3CCCC3)CC2)cn1. The molecule has 7 heteroatoms. The third kappa shape index (κ3) is 5.51. The van der Waals surface area contributed by atoms with Crippen LogP contribution in [0.15, 0.2) is 48.9 Å². The van der Waals surface area contributed by atoms with E-state index in [2.05, 4.69) is 62.3 Å².